The number of nitrogens with one attached hydrogen (secondary N) is 2. The molecule has 0 radical (unpaired) electrons. The highest BCUT2D eigenvalue weighted by Crippen LogP contribution is 2.25. The number of rotatable bonds is 8. The van der Waals surface area contributed by atoms with Gasteiger partial charge in [-0.15, -0.1) is 0 Å². The van der Waals surface area contributed by atoms with Gasteiger partial charge in [-0.2, -0.15) is 0 Å². The number of nitrogens with zero attached hydrogens (tertiary/aromatic N) is 2. The Morgan fingerprint density at radius 1 is 1.36 bits per heavy atom. The minimum atomic E-state index is -0.659. The van der Waals surface area contributed by atoms with Crippen molar-refractivity contribution in [1.82, 2.24) is 10.6 Å². The van der Waals surface area contributed by atoms with Crippen molar-refractivity contribution in [2.75, 3.05) is 49.6 Å². The molecule has 1 fully saturated rings. The molecule has 0 bridgehead atoms. The maximum absolute atomic E-state index is 14.4. The molecule has 2 rings (SSSR count). The lowest BCUT2D eigenvalue weighted by Crippen LogP contribution is -2.44. The minimum Gasteiger partial charge on any atom is -0.367 e. The molecule has 2 N–H and O–H groups in total. The van der Waals surface area contributed by atoms with Gasteiger partial charge in [0.2, 0.25) is 12.8 Å². The monoisotopic (exact) mass is 354 g/mol. The van der Waals surface area contributed by atoms with Gasteiger partial charge in [-0.1, -0.05) is 13.8 Å². The van der Waals surface area contributed by atoms with E-state index in [1.165, 1.54) is 18.1 Å². The Balaban J connectivity index is 0.00000151. The summed E-state index contributed by atoms with van der Waals surface area (Å²) in [5.74, 6) is -0.381. The average molecular weight is 354 g/mol. The summed E-state index contributed by atoms with van der Waals surface area (Å²) in [7, 11) is 1.41. The van der Waals surface area contributed by atoms with E-state index >= 15 is 0 Å². The molecule has 0 aromatic heterocycles. The third-order valence-electron chi connectivity index (χ3n) is 3.75. The highest BCUT2D eigenvalue weighted by atomic mass is 19.1. The minimum absolute atomic E-state index is 0.0885. The lowest BCUT2D eigenvalue weighted by atomic mass is 10.2. The quantitative estimate of drug-likeness (QED) is 0.537. The second-order valence-corrected chi connectivity index (χ2v) is 5.14. The number of ether oxygens (including phenoxy) is 1. The van der Waals surface area contributed by atoms with Gasteiger partial charge in [0.05, 0.1) is 12.2 Å². The van der Waals surface area contributed by atoms with Crippen LogP contribution in [0.2, 0.25) is 0 Å². The number of halogens is 1. The van der Waals surface area contributed by atoms with Gasteiger partial charge in [0.25, 0.3) is 0 Å². The molecule has 0 spiro atoms. The van der Waals surface area contributed by atoms with Crippen LogP contribution >= 0.6 is 0 Å². The fourth-order valence-corrected chi connectivity index (χ4v) is 2.50. The molecule has 1 unspecified atom stereocenters. The van der Waals surface area contributed by atoms with E-state index in [1.54, 1.807) is 12.1 Å². The summed E-state index contributed by atoms with van der Waals surface area (Å²) >= 11 is 0. The van der Waals surface area contributed by atoms with E-state index in [0.29, 0.717) is 24.2 Å². The number of piperazine rings is 1. The number of amides is 2. The normalized spacial score (nSPS) is 14.8. The summed E-state index contributed by atoms with van der Waals surface area (Å²) in [6, 6.07) is 4.67. The van der Waals surface area contributed by atoms with Gasteiger partial charge in [0, 0.05) is 39.0 Å². The van der Waals surface area contributed by atoms with Crippen molar-refractivity contribution in [1.29, 1.82) is 0 Å². The summed E-state index contributed by atoms with van der Waals surface area (Å²) in [6.45, 7) is 7.19. The van der Waals surface area contributed by atoms with Gasteiger partial charge in [0.1, 0.15) is 12.0 Å². The van der Waals surface area contributed by atoms with Crippen molar-refractivity contribution in [3.8, 4) is 0 Å². The van der Waals surface area contributed by atoms with Crippen LogP contribution in [-0.4, -0.2) is 58.9 Å². The fourth-order valence-electron chi connectivity index (χ4n) is 2.50. The van der Waals surface area contributed by atoms with Crippen LogP contribution in [0.5, 0.6) is 0 Å². The average Bonchev–Trinajstić information content (AvgIpc) is 2.67. The fraction of sp³-hybridized carbons (Fsp3) is 0.529. The lowest BCUT2D eigenvalue weighted by molar-refractivity contribution is -0.113. The number of anilines is 2. The summed E-state index contributed by atoms with van der Waals surface area (Å²) in [5.41, 5.74) is 0.932. The second kappa shape index (κ2) is 11.4. The van der Waals surface area contributed by atoms with Crippen LogP contribution in [-0.2, 0) is 14.3 Å². The molecule has 0 aliphatic carbocycles. The third kappa shape index (κ3) is 5.99. The first-order valence-corrected chi connectivity index (χ1v) is 8.39. The summed E-state index contributed by atoms with van der Waals surface area (Å²) in [5, 5.41) is 5.65. The first-order valence-electron chi connectivity index (χ1n) is 8.39. The Labute approximate surface area is 148 Å². The molecule has 25 heavy (non-hydrogen) atoms. The maximum atomic E-state index is 14.4. The zero-order valence-corrected chi connectivity index (χ0v) is 15.0. The first kappa shape index (κ1) is 20.9. The van der Waals surface area contributed by atoms with Crippen LogP contribution in [0.15, 0.2) is 18.2 Å². The zero-order valence-electron chi connectivity index (χ0n) is 15.0. The molecule has 7 nitrogen and oxygen atoms in total. The molecule has 1 aliphatic rings. The number of carbonyl (C=O) groups excluding carboxylic acids is 2. The van der Waals surface area contributed by atoms with Crippen molar-refractivity contribution in [2.24, 2.45) is 0 Å². The zero-order chi connectivity index (χ0) is 18.7. The molecule has 8 heteroatoms. The van der Waals surface area contributed by atoms with E-state index in [2.05, 4.69) is 10.6 Å². The maximum Gasteiger partial charge on any atom is 0.214 e. The predicted molar refractivity (Wildman–Crippen MR) is 96.2 cm³/mol. The van der Waals surface area contributed by atoms with Crippen LogP contribution in [0.4, 0.5) is 15.8 Å². The lowest BCUT2D eigenvalue weighted by Gasteiger charge is -2.30. The molecule has 1 aliphatic heterocycles. The molecule has 1 atom stereocenters. The molecule has 1 aromatic rings. The van der Waals surface area contributed by atoms with Crippen LogP contribution in [0.1, 0.15) is 13.8 Å². The molecule has 1 saturated heterocycles. The van der Waals surface area contributed by atoms with Gasteiger partial charge in [-0.05, 0) is 18.2 Å². The number of hydrogen-bond donors (Lipinski definition) is 2. The second-order valence-electron chi connectivity index (χ2n) is 5.14. The van der Waals surface area contributed by atoms with Crippen LogP contribution in [0.25, 0.3) is 0 Å². The number of carbonyl (C=O) groups is 2. The van der Waals surface area contributed by atoms with Crippen LogP contribution in [0, 0.1) is 5.82 Å². The van der Waals surface area contributed by atoms with Crippen molar-refractivity contribution in [3.05, 3.63) is 24.0 Å². The molecule has 140 valence electrons. The molecular weight excluding hydrogens is 327 g/mol. The van der Waals surface area contributed by atoms with Crippen LogP contribution < -0.4 is 20.4 Å². The Hall–Kier alpha value is -2.19. The van der Waals surface area contributed by atoms with Gasteiger partial charge in [-0.25, -0.2) is 4.39 Å². The standard InChI is InChI=1S/C15H21FN4O3.C2H6/c1-23-15(18-10-21)9-20(11-22)12-2-3-14(13(16)8-12)19-6-4-17-5-7-19;1-2/h2-3,8,10-11,15,17H,4-7,9H2,1H3,(H,18,21);1-2H3. The van der Waals surface area contributed by atoms with E-state index in [-0.39, 0.29) is 12.4 Å². The molecule has 1 heterocycles. The van der Waals surface area contributed by atoms with E-state index in [9.17, 15) is 14.0 Å². The Morgan fingerprint density at radius 2 is 2.04 bits per heavy atom. The van der Waals surface area contributed by atoms with Crippen LogP contribution in [0.3, 0.4) is 0 Å². The highest BCUT2D eigenvalue weighted by Gasteiger charge is 2.18. The third-order valence-corrected chi connectivity index (χ3v) is 3.75. The Bertz CT molecular complexity index is 539. The molecular formula is C17H27FN4O3. The topological polar surface area (TPSA) is 73.9 Å². The molecule has 2 amide bonds. The summed E-state index contributed by atoms with van der Waals surface area (Å²) < 4.78 is 19.4. The van der Waals surface area contributed by atoms with E-state index < -0.39 is 6.23 Å². The van der Waals surface area contributed by atoms with E-state index in [1.807, 2.05) is 18.7 Å². The highest BCUT2D eigenvalue weighted by molar-refractivity contribution is 5.76. The predicted octanol–water partition coefficient (Wildman–Crippen LogP) is 0.943. The van der Waals surface area contributed by atoms with Gasteiger partial charge in [0.15, 0.2) is 0 Å². The Kier molecular flexibility index (Phi) is 9.49. The Morgan fingerprint density at radius 3 is 2.56 bits per heavy atom. The van der Waals surface area contributed by atoms with E-state index in [4.69, 9.17) is 4.74 Å². The van der Waals surface area contributed by atoms with Crippen molar-refractivity contribution >= 4 is 24.2 Å². The van der Waals surface area contributed by atoms with Crippen molar-refractivity contribution < 1.29 is 18.7 Å². The van der Waals surface area contributed by atoms with Gasteiger partial charge in [-0.3, -0.25) is 9.59 Å². The molecule has 1 aromatic carbocycles. The van der Waals surface area contributed by atoms with E-state index in [0.717, 1.165) is 26.2 Å². The van der Waals surface area contributed by atoms with Crippen molar-refractivity contribution in [2.45, 2.75) is 20.1 Å². The summed E-state index contributed by atoms with van der Waals surface area (Å²) in [4.78, 5) is 25.0. The van der Waals surface area contributed by atoms with Gasteiger partial charge >= 0.3 is 0 Å². The number of benzene rings is 1. The SMILES string of the molecule is CC.COC(CN(C=O)c1ccc(N2CCNCC2)c(F)c1)NC=O. The largest absolute Gasteiger partial charge is 0.367 e. The smallest absolute Gasteiger partial charge is 0.214 e. The van der Waals surface area contributed by atoms with Crippen molar-refractivity contribution in [3.63, 3.8) is 0 Å². The summed E-state index contributed by atoms with van der Waals surface area (Å²) in [6.07, 6.45) is 0.414. The first-order chi connectivity index (χ1) is 12.2. The number of hydrogen-bond acceptors (Lipinski definition) is 5. The van der Waals surface area contributed by atoms with Gasteiger partial charge < -0.3 is 25.2 Å². The number of methoxy groups -OCH3 is 1. The molecule has 0 saturated carbocycles.